The van der Waals surface area contributed by atoms with Crippen molar-refractivity contribution in [1.82, 2.24) is 5.32 Å². The number of hydrogen-bond donors (Lipinski definition) is 2. The van der Waals surface area contributed by atoms with E-state index in [4.69, 9.17) is 14.2 Å². The van der Waals surface area contributed by atoms with Crippen LogP contribution in [-0.4, -0.2) is 69.6 Å². The first kappa shape index (κ1) is 17.0. The number of ether oxygens (including phenoxy) is 3. The van der Waals surface area contributed by atoms with E-state index in [1.165, 1.54) is 28.3 Å². The first-order valence-corrected chi connectivity index (χ1v) is 5.46. The van der Waals surface area contributed by atoms with Crippen molar-refractivity contribution >= 4 is 12.2 Å². The molecule has 4 atom stereocenters. The molecule has 0 aromatic heterocycles. The molecule has 0 rings (SSSR count). The van der Waals surface area contributed by atoms with Crippen LogP contribution < -0.4 is 5.32 Å². The Balaban J connectivity index is 4.86. The SMILES string of the molecule is COCC(O)C(OC)C(OC)C(C=O)NC(C)=O. The molecule has 0 saturated heterocycles. The lowest BCUT2D eigenvalue weighted by Gasteiger charge is -2.31. The van der Waals surface area contributed by atoms with Crippen molar-refractivity contribution in [1.29, 1.82) is 0 Å². The minimum absolute atomic E-state index is 0.0318. The summed E-state index contributed by atoms with van der Waals surface area (Å²) in [5, 5.41) is 12.3. The first-order chi connectivity index (χ1) is 8.51. The van der Waals surface area contributed by atoms with Gasteiger partial charge in [-0.15, -0.1) is 0 Å². The van der Waals surface area contributed by atoms with Crippen LogP contribution in [0.2, 0.25) is 0 Å². The zero-order chi connectivity index (χ0) is 14.1. The molecular formula is C11H21NO6. The highest BCUT2D eigenvalue weighted by molar-refractivity contribution is 5.77. The largest absolute Gasteiger partial charge is 0.388 e. The molecule has 0 aliphatic heterocycles. The second-order valence-electron chi connectivity index (χ2n) is 3.79. The van der Waals surface area contributed by atoms with Gasteiger partial charge in [-0.25, -0.2) is 0 Å². The normalized spacial score (nSPS) is 17.6. The minimum atomic E-state index is -0.971. The molecule has 106 valence electrons. The summed E-state index contributed by atoms with van der Waals surface area (Å²) in [4.78, 5) is 22.0. The van der Waals surface area contributed by atoms with Crippen molar-refractivity contribution in [3.8, 4) is 0 Å². The standard InChI is InChI=1S/C11H21NO6/c1-7(14)12-8(5-13)10(17-3)11(18-4)9(15)6-16-2/h5,8-11,15H,6H2,1-4H3,(H,12,14). The first-order valence-electron chi connectivity index (χ1n) is 5.46. The number of nitrogens with one attached hydrogen (secondary N) is 1. The highest BCUT2D eigenvalue weighted by Gasteiger charge is 2.35. The summed E-state index contributed by atoms with van der Waals surface area (Å²) < 4.78 is 15.1. The Morgan fingerprint density at radius 1 is 1.28 bits per heavy atom. The van der Waals surface area contributed by atoms with E-state index in [0.717, 1.165) is 0 Å². The Kier molecular flexibility index (Phi) is 8.47. The Morgan fingerprint density at radius 3 is 2.17 bits per heavy atom. The molecule has 0 heterocycles. The molecule has 0 aromatic carbocycles. The minimum Gasteiger partial charge on any atom is -0.388 e. The molecule has 0 aliphatic rings. The van der Waals surface area contributed by atoms with Gasteiger partial charge in [-0.3, -0.25) is 4.79 Å². The number of amides is 1. The van der Waals surface area contributed by atoms with Crippen molar-refractivity contribution in [2.75, 3.05) is 27.9 Å². The van der Waals surface area contributed by atoms with E-state index in [1.807, 2.05) is 0 Å². The smallest absolute Gasteiger partial charge is 0.217 e. The van der Waals surface area contributed by atoms with Gasteiger partial charge in [0.1, 0.15) is 30.6 Å². The van der Waals surface area contributed by atoms with E-state index in [0.29, 0.717) is 6.29 Å². The summed E-state index contributed by atoms with van der Waals surface area (Å²) in [5.74, 6) is -0.370. The number of methoxy groups -OCH3 is 3. The van der Waals surface area contributed by atoms with Crippen LogP contribution in [0.5, 0.6) is 0 Å². The van der Waals surface area contributed by atoms with E-state index in [1.54, 1.807) is 0 Å². The maximum atomic E-state index is 11.0. The third kappa shape index (κ3) is 5.09. The van der Waals surface area contributed by atoms with Gasteiger partial charge in [0.25, 0.3) is 0 Å². The average Bonchev–Trinajstić information content (AvgIpc) is 2.33. The summed E-state index contributed by atoms with van der Waals surface area (Å²) in [6, 6.07) is -0.899. The summed E-state index contributed by atoms with van der Waals surface area (Å²) in [7, 11) is 4.18. The second-order valence-corrected chi connectivity index (χ2v) is 3.79. The summed E-state index contributed by atoms with van der Waals surface area (Å²) in [6.45, 7) is 1.32. The quantitative estimate of drug-likeness (QED) is 0.504. The average molecular weight is 263 g/mol. The van der Waals surface area contributed by atoms with Crippen LogP contribution in [-0.2, 0) is 23.8 Å². The molecule has 4 unspecified atom stereocenters. The van der Waals surface area contributed by atoms with E-state index in [2.05, 4.69) is 5.32 Å². The predicted molar refractivity (Wildman–Crippen MR) is 63.1 cm³/mol. The third-order valence-electron chi connectivity index (χ3n) is 2.46. The number of aldehydes is 1. The third-order valence-corrected chi connectivity index (χ3v) is 2.46. The molecular weight excluding hydrogens is 242 g/mol. The summed E-state index contributed by atoms with van der Waals surface area (Å²) in [6.07, 6.45) is -2.03. The fraction of sp³-hybridized carbons (Fsp3) is 0.818. The summed E-state index contributed by atoms with van der Waals surface area (Å²) >= 11 is 0. The zero-order valence-corrected chi connectivity index (χ0v) is 11.1. The van der Waals surface area contributed by atoms with Gasteiger partial charge in [-0.1, -0.05) is 0 Å². The number of rotatable bonds is 9. The molecule has 0 saturated carbocycles. The zero-order valence-electron chi connectivity index (χ0n) is 11.1. The van der Waals surface area contributed by atoms with Crippen LogP contribution in [0.25, 0.3) is 0 Å². The van der Waals surface area contributed by atoms with Crippen molar-refractivity contribution < 1.29 is 28.9 Å². The van der Waals surface area contributed by atoms with Crippen molar-refractivity contribution in [2.45, 2.75) is 31.3 Å². The van der Waals surface area contributed by atoms with Gasteiger partial charge >= 0.3 is 0 Å². The maximum Gasteiger partial charge on any atom is 0.217 e. The molecule has 0 radical (unpaired) electrons. The number of aliphatic hydroxyl groups is 1. The monoisotopic (exact) mass is 263 g/mol. The molecule has 18 heavy (non-hydrogen) atoms. The fourth-order valence-electron chi connectivity index (χ4n) is 1.69. The van der Waals surface area contributed by atoms with Gasteiger partial charge in [0.2, 0.25) is 5.91 Å². The predicted octanol–water partition coefficient (Wildman–Crippen LogP) is -1.27. The van der Waals surface area contributed by atoms with E-state index >= 15 is 0 Å². The lowest BCUT2D eigenvalue weighted by molar-refractivity contribution is -0.138. The number of hydrogen-bond acceptors (Lipinski definition) is 6. The maximum absolute atomic E-state index is 11.0. The Morgan fingerprint density at radius 2 is 1.83 bits per heavy atom. The van der Waals surface area contributed by atoms with Crippen molar-refractivity contribution in [3.63, 3.8) is 0 Å². The molecule has 7 nitrogen and oxygen atoms in total. The number of carbonyl (C=O) groups excluding carboxylic acids is 2. The molecule has 0 aliphatic carbocycles. The lowest BCUT2D eigenvalue weighted by Crippen LogP contribution is -2.54. The molecule has 2 N–H and O–H groups in total. The topological polar surface area (TPSA) is 94.1 Å². The van der Waals surface area contributed by atoms with Gasteiger partial charge in [0.05, 0.1) is 6.61 Å². The lowest BCUT2D eigenvalue weighted by atomic mass is 10.0. The highest BCUT2D eigenvalue weighted by Crippen LogP contribution is 2.12. The molecule has 7 heteroatoms. The van der Waals surface area contributed by atoms with Gasteiger partial charge in [0.15, 0.2) is 0 Å². The number of carbonyl (C=O) groups is 2. The Labute approximate surface area is 106 Å². The van der Waals surface area contributed by atoms with Crippen LogP contribution in [0.15, 0.2) is 0 Å². The van der Waals surface area contributed by atoms with Crippen LogP contribution in [0.1, 0.15) is 6.92 Å². The highest BCUT2D eigenvalue weighted by atomic mass is 16.5. The van der Waals surface area contributed by atoms with Gasteiger partial charge in [0, 0.05) is 28.3 Å². The Hall–Kier alpha value is -1.02. The van der Waals surface area contributed by atoms with Crippen molar-refractivity contribution in [2.24, 2.45) is 0 Å². The number of aliphatic hydroxyl groups excluding tert-OH is 1. The van der Waals surface area contributed by atoms with E-state index in [-0.39, 0.29) is 12.5 Å². The second kappa shape index (κ2) is 8.98. The molecule has 0 spiro atoms. The van der Waals surface area contributed by atoms with Crippen molar-refractivity contribution in [3.05, 3.63) is 0 Å². The summed E-state index contributed by atoms with van der Waals surface area (Å²) in [5.41, 5.74) is 0. The van der Waals surface area contributed by atoms with Crippen LogP contribution >= 0.6 is 0 Å². The van der Waals surface area contributed by atoms with Gasteiger partial charge in [-0.2, -0.15) is 0 Å². The fourth-order valence-corrected chi connectivity index (χ4v) is 1.69. The van der Waals surface area contributed by atoms with E-state index in [9.17, 15) is 14.7 Å². The van der Waals surface area contributed by atoms with Gasteiger partial charge in [-0.05, 0) is 0 Å². The molecule has 0 bridgehead atoms. The van der Waals surface area contributed by atoms with E-state index < -0.39 is 24.4 Å². The van der Waals surface area contributed by atoms with Crippen LogP contribution in [0, 0.1) is 0 Å². The molecule has 0 fully saturated rings. The van der Waals surface area contributed by atoms with Crippen LogP contribution in [0.3, 0.4) is 0 Å². The molecule has 1 amide bonds. The molecule has 0 aromatic rings. The van der Waals surface area contributed by atoms with Crippen LogP contribution in [0.4, 0.5) is 0 Å². The van der Waals surface area contributed by atoms with Gasteiger partial charge < -0.3 is 29.4 Å². The Bertz CT molecular complexity index is 260.